The highest BCUT2D eigenvalue weighted by atomic mass is 35.5. The summed E-state index contributed by atoms with van der Waals surface area (Å²) in [4.78, 5) is 46.1. The monoisotopic (exact) mass is 808 g/mol. The number of carbonyl (C=O) groups excluding carboxylic acids is 3. The molecule has 2 aliphatic rings. The van der Waals surface area contributed by atoms with Crippen molar-refractivity contribution in [2.45, 2.75) is 90.5 Å². The highest BCUT2D eigenvalue weighted by Gasteiger charge is 2.37. The van der Waals surface area contributed by atoms with E-state index in [9.17, 15) is 14.4 Å². The van der Waals surface area contributed by atoms with E-state index in [1.165, 1.54) is 18.1 Å². The molecule has 3 aromatic carbocycles. The maximum absolute atomic E-state index is 16.2. The van der Waals surface area contributed by atoms with E-state index in [0.717, 1.165) is 42.4 Å². The molecule has 1 unspecified atom stereocenters. The van der Waals surface area contributed by atoms with Crippen molar-refractivity contribution in [3.63, 3.8) is 0 Å². The topological polar surface area (TPSA) is 101 Å². The van der Waals surface area contributed by atoms with Crippen molar-refractivity contribution < 1.29 is 37.7 Å². The lowest BCUT2D eigenvalue weighted by Crippen LogP contribution is -2.46. The molecule has 0 spiro atoms. The molecule has 310 valence electrons. The van der Waals surface area contributed by atoms with Crippen LogP contribution in [-0.4, -0.2) is 100 Å². The van der Waals surface area contributed by atoms with Crippen LogP contribution in [0, 0.1) is 11.7 Å². The number of anilines is 2. The Balaban J connectivity index is 1.30. The van der Waals surface area contributed by atoms with E-state index in [1.807, 2.05) is 76.9 Å². The van der Waals surface area contributed by atoms with Gasteiger partial charge in [0, 0.05) is 50.5 Å². The molecule has 1 atom stereocenters. The number of esters is 1. The lowest BCUT2D eigenvalue weighted by Gasteiger charge is -2.39. The van der Waals surface area contributed by atoms with Crippen molar-refractivity contribution in [2.24, 2.45) is 5.92 Å². The Morgan fingerprint density at radius 2 is 1.63 bits per heavy atom. The fraction of sp³-hybridized carbons (Fsp3) is 0.523. The van der Waals surface area contributed by atoms with E-state index >= 15 is 4.39 Å². The van der Waals surface area contributed by atoms with Crippen molar-refractivity contribution in [1.29, 1.82) is 0 Å². The largest absolute Gasteiger partial charge is 0.493 e. The fourth-order valence-electron chi connectivity index (χ4n) is 7.79. The quantitative estimate of drug-likeness (QED) is 0.149. The molecule has 2 amide bonds. The van der Waals surface area contributed by atoms with Crippen LogP contribution in [0.5, 0.6) is 11.5 Å². The van der Waals surface area contributed by atoms with Crippen molar-refractivity contribution in [3.8, 4) is 11.5 Å². The summed E-state index contributed by atoms with van der Waals surface area (Å²) in [7, 11) is 6.54. The molecule has 1 saturated carbocycles. The minimum absolute atomic E-state index is 0.105. The molecule has 13 heteroatoms. The molecule has 1 fully saturated rings. The summed E-state index contributed by atoms with van der Waals surface area (Å²) in [5, 5.41) is 0.569. The predicted molar refractivity (Wildman–Crippen MR) is 221 cm³/mol. The number of benzene rings is 3. The van der Waals surface area contributed by atoms with Gasteiger partial charge in [-0.2, -0.15) is 0 Å². The molecule has 0 N–H and O–H groups in total. The van der Waals surface area contributed by atoms with Crippen LogP contribution in [0.2, 0.25) is 5.02 Å². The Bertz CT molecular complexity index is 1880. The maximum Gasteiger partial charge on any atom is 0.410 e. The first-order valence-corrected chi connectivity index (χ1v) is 20.1. The second-order valence-electron chi connectivity index (χ2n) is 16.4. The number of hydrogen-bond acceptors (Lipinski definition) is 9. The maximum atomic E-state index is 16.2. The van der Waals surface area contributed by atoms with E-state index in [0.29, 0.717) is 53.4 Å². The highest BCUT2D eigenvalue weighted by molar-refractivity contribution is 6.30. The summed E-state index contributed by atoms with van der Waals surface area (Å²) in [6, 6.07) is 15.7. The molecule has 5 rings (SSSR count). The van der Waals surface area contributed by atoms with E-state index in [-0.39, 0.29) is 37.0 Å². The van der Waals surface area contributed by atoms with Crippen molar-refractivity contribution in [1.82, 2.24) is 9.80 Å². The predicted octanol–water partition coefficient (Wildman–Crippen LogP) is 8.29. The zero-order valence-electron chi connectivity index (χ0n) is 34.8. The van der Waals surface area contributed by atoms with Crippen LogP contribution in [0.25, 0.3) is 0 Å². The molecule has 0 bridgehead atoms. The molecular weight excluding hydrogens is 751 g/mol. The first-order valence-electron chi connectivity index (χ1n) is 19.7. The third-order valence-electron chi connectivity index (χ3n) is 10.6. The summed E-state index contributed by atoms with van der Waals surface area (Å²) in [6.07, 6.45) is 3.10. The Morgan fingerprint density at radius 1 is 0.947 bits per heavy atom. The van der Waals surface area contributed by atoms with Gasteiger partial charge in [-0.25, -0.2) is 9.18 Å². The van der Waals surface area contributed by atoms with E-state index < -0.39 is 23.6 Å². The zero-order chi connectivity index (χ0) is 41.6. The van der Waals surface area contributed by atoms with Crippen molar-refractivity contribution >= 4 is 40.9 Å². The summed E-state index contributed by atoms with van der Waals surface area (Å²) in [6.45, 7) is 11.1. The summed E-state index contributed by atoms with van der Waals surface area (Å²) in [5.41, 5.74) is 2.81. The van der Waals surface area contributed by atoms with E-state index in [2.05, 4.69) is 4.90 Å². The van der Waals surface area contributed by atoms with Crippen LogP contribution >= 0.6 is 11.6 Å². The van der Waals surface area contributed by atoms with E-state index in [4.69, 9.17) is 30.5 Å². The summed E-state index contributed by atoms with van der Waals surface area (Å²) in [5.74, 6) is 0.510. The first kappa shape index (κ1) is 43.6. The lowest BCUT2D eigenvalue weighted by molar-refractivity contribution is -0.142. The first-order chi connectivity index (χ1) is 27.0. The normalized spacial score (nSPS) is 18.3. The van der Waals surface area contributed by atoms with Crippen molar-refractivity contribution in [3.05, 3.63) is 82.1 Å². The number of amides is 2. The van der Waals surface area contributed by atoms with Crippen LogP contribution in [0.1, 0.15) is 83.0 Å². The van der Waals surface area contributed by atoms with Crippen LogP contribution in [0.15, 0.2) is 54.6 Å². The molecule has 0 saturated heterocycles. The van der Waals surface area contributed by atoms with Gasteiger partial charge in [0.25, 0.3) is 0 Å². The lowest BCUT2D eigenvalue weighted by atomic mass is 9.85. The molecule has 57 heavy (non-hydrogen) atoms. The Morgan fingerprint density at radius 3 is 2.23 bits per heavy atom. The standard InChI is InChI=1S/C44H58ClFN4O7/c1-28(2)56-39-25-35-31(22-38(39)54-8)23-40(51)50(42(35)30-12-14-32(45)15-13-30)34-18-19-37(36(46)24-34)48(7)26-29-10-16-33(17-11-29)49(27-41(52)55-9)21-20-47(6)43(53)57-44(3,4)5/h12-15,18-19,22,24-25,28-29,33,42H,10-11,16-17,20-21,23,26-27H2,1-9H3. The average molecular weight is 809 g/mol. The number of fused-ring (bicyclic) bond motifs is 1. The van der Waals surface area contributed by atoms with Gasteiger partial charge < -0.3 is 33.6 Å². The van der Waals surface area contributed by atoms with Gasteiger partial charge >= 0.3 is 12.1 Å². The Hall–Kier alpha value is -4.55. The van der Waals surface area contributed by atoms with Crippen LogP contribution in [-0.2, 0) is 25.5 Å². The van der Waals surface area contributed by atoms with Gasteiger partial charge in [0.2, 0.25) is 5.91 Å². The molecule has 1 aliphatic carbocycles. The molecule has 1 aliphatic heterocycles. The number of rotatable bonds is 14. The number of carbonyl (C=O) groups is 3. The van der Waals surface area contributed by atoms with Crippen LogP contribution < -0.4 is 19.3 Å². The minimum atomic E-state index is -0.600. The van der Waals surface area contributed by atoms with Gasteiger partial charge in [0.05, 0.1) is 45.0 Å². The number of ether oxygens (including phenoxy) is 4. The number of likely N-dealkylation sites (N-methyl/N-ethyl adjacent to an activating group) is 1. The number of halogens is 2. The number of hydrogen-bond donors (Lipinski definition) is 0. The molecule has 11 nitrogen and oxygen atoms in total. The molecule has 0 aromatic heterocycles. The molecule has 1 heterocycles. The van der Waals surface area contributed by atoms with E-state index in [1.54, 1.807) is 37.3 Å². The van der Waals surface area contributed by atoms with Gasteiger partial charge in [0.15, 0.2) is 11.5 Å². The van der Waals surface area contributed by atoms with Gasteiger partial charge in [-0.1, -0.05) is 23.7 Å². The Kier molecular flexibility index (Phi) is 14.4. The third kappa shape index (κ3) is 11.1. The SMILES string of the molecule is COC(=O)CN(CCN(C)C(=O)OC(C)(C)C)C1CCC(CN(C)c2ccc(N3C(=O)Cc4cc(OC)c(OC(C)C)cc4C3c3ccc(Cl)cc3)cc2F)CC1. The van der Waals surface area contributed by atoms with Crippen LogP contribution in [0.4, 0.5) is 20.6 Å². The van der Waals surface area contributed by atoms with Gasteiger partial charge in [-0.05, 0) is 125 Å². The Labute approximate surface area is 341 Å². The number of nitrogens with zero attached hydrogens (tertiary/aromatic N) is 4. The highest BCUT2D eigenvalue weighted by Crippen LogP contribution is 2.44. The minimum Gasteiger partial charge on any atom is -0.493 e. The second-order valence-corrected chi connectivity index (χ2v) is 16.8. The van der Waals surface area contributed by atoms with Crippen LogP contribution in [0.3, 0.4) is 0 Å². The average Bonchev–Trinajstić information content (AvgIpc) is 3.15. The second kappa shape index (κ2) is 18.8. The fourth-order valence-corrected chi connectivity index (χ4v) is 7.92. The third-order valence-corrected chi connectivity index (χ3v) is 10.9. The van der Waals surface area contributed by atoms with Gasteiger partial charge in [-0.3, -0.25) is 14.5 Å². The smallest absolute Gasteiger partial charge is 0.410 e. The molecule has 0 radical (unpaired) electrons. The van der Waals surface area contributed by atoms with Gasteiger partial charge in [-0.15, -0.1) is 0 Å². The summed E-state index contributed by atoms with van der Waals surface area (Å²) < 4.78 is 38.5. The number of methoxy groups -OCH3 is 2. The summed E-state index contributed by atoms with van der Waals surface area (Å²) >= 11 is 6.28. The molecule has 3 aromatic rings. The van der Waals surface area contributed by atoms with Crippen molar-refractivity contribution in [2.75, 3.05) is 64.3 Å². The van der Waals surface area contributed by atoms with Gasteiger partial charge in [0.1, 0.15) is 11.4 Å². The zero-order valence-corrected chi connectivity index (χ0v) is 35.5. The molecular formula is C44H58ClFN4O7.